The summed E-state index contributed by atoms with van der Waals surface area (Å²) in [5.41, 5.74) is 0. The molecule has 3 rings (SSSR count). The predicted octanol–water partition coefficient (Wildman–Crippen LogP) is 0.649. The second-order valence-corrected chi connectivity index (χ2v) is 7.48. The number of hydrogen-bond acceptors (Lipinski definition) is 4. The number of hydrogen-bond donors (Lipinski definition) is 0. The molecule has 0 N–H and O–H groups in total. The van der Waals surface area contributed by atoms with Crippen molar-refractivity contribution < 1.29 is 22.4 Å². The Bertz CT molecular complexity index is 793. The number of sulfonamides is 1. The van der Waals surface area contributed by atoms with Gasteiger partial charge >= 0.3 is 6.03 Å². The molecule has 2 aliphatic heterocycles. The largest absolute Gasteiger partial charge is 0.327 e. The van der Waals surface area contributed by atoms with Gasteiger partial charge in [0, 0.05) is 26.2 Å². The quantitative estimate of drug-likeness (QED) is 0.588. The lowest BCUT2D eigenvalue weighted by Gasteiger charge is -2.34. The third kappa shape index (κ3) is 2.59. The van der Waals surface area contributed by atoms with Crippen LogP contribution in [0.2, 0.25) is 0 Å². The van der Waals surface area contributed by atoms with Crippen molar-refractivity contribution in [2.24, 2.45) is 0 Å². The fraction of sp³-hybridized carbons (Fsp3) is 0.333. The van der Waals surface area contributed by atoms with Gasteiger partial charge < -0.3 is 4.90 Å². The first-order valence-electron chi connectivity index (χ1n) is 7.35. The first-order valence-corrected chi connectivity index (χ1v) is 8.79. The van der Waals surface area contributed by atoms with E-state index in [0.717, 1.165) is 21.3 Å². The first-order chi connectivity index (χ1) is 11.4. The summed E-state index contributed by atoms with van der Waals surface area (Å²) in [6.07, 6.45) is 1.45. The standard InChI is InChI=1S/C15H16FN3O4S/c1-2-7-19-14(20)13-10-17(8-9-18(13)15(19)21)24(22,23)12-5-3-11(16)4-6-12/h2-6,13H,1,7-10H2. The minimum Gasteiger partial charge on any atom is -0.310 e. The third-order valence-electron chi connectivity index (χ3n) is 4.13. The maximum absolute atomic E-state index is 13.0. The molecule has 0 radical (unpaired) electrons. The molecule has 2 fully saturated rings. The Balaban J connectivity index is 1.84. The molecule has 2 saturated heterocycles. The molecule has 24 heavy (non-hydrogen) atoms. The van der Waals surface area contributed by atoms with Gasteiger partial charge in [0.2, 0.25) is 10.0 Å². The fourth-order valence-electron chi connectivity index (χ4n) is 2.90. The number of carbonyl (C=O) groups is 2. The smallest absolute Gasteiger partial charge is 0.310 e. The van der Waals surface area contributed by atoms with Crippen molar-refractivity contribution in [3.05, 3.63) is 42.7 Å². The van der Waals surface area contributed by atoms with Crippen molar-refractivity contribution >= 4 is 22.0 Å². The highest BCUT2D eigenvalue weighted by atomic mass is 32.2. The Labute approximate surface area is 139 Å². The third-order valence-corrected chi connectivity index (χ3v) is 6.01. The molecule has 2 aliphatic rings. The van der Waals surface area contributed by atoms with Crippen LogP contribution in [-0.2, 0) is 14.8 Å². The zero-order valence-corrected chi connectivity index (χ0v) is 13.6. The van der Waals surface area contributed by atoms with E-state index < -0.39 is 33.8 Å². The molecule has 1 aromatic carbocycles. The van der Waals surface area contributed by atoms with Gasteiger partial charge in [0.15, 0.2) is 0 Å². The minimum atomic E-state index is -3.85. The predicted molar refractivity (Wildman–Crippen MR) is 83.0 cm³/mol. The van der Waals surface area contributed by atoms with Crippen LogP contribution in [0, 0.1) is 5.82 Å². The van der Waals surface area contributed by atoms with Crippen molar-refractivity contribution in [2.75, 3.05) is 26.2 Å². The van der Waals surface area contributed by atoms with Crippen LogP contribution in [0.5, 0.6) is 0 Å². The minimum absolute atomic E-state index is 0.0444. The molecule has 1 unspecified atom stereocenters. The van der Waals surface area contributed by atoms with Gasteiger partial charge in [-0.05, 0) is 24.3 Å². The summed E-state index contributed by atoms with van der Waals surface area (Å²) < 4.78 is 39.4. The Morgan fingerprint density at radius 3 is 2.50 bits per heavy atom. The zero-order chi connectivity index (χ0) is 17.5. The van der Waals surface area contributed by atoms with E-state index in [1.54, 1.807) is 0 Å². The van der Waals surface area contributed by atoms with Gasteiger partial charge in [-0.25, -0.2) is 17.6 Å². The molecule has 1 atom stereocenters. The number of nitrogens with zero attached hydrogens (tertiary/aromatic N) is 3. The second kappa shape index (κ2) is 5.99. The zero-order valence-electron chi connectivity index (χ0n) is 12.8. The summed E-state index contributed by atoms with van der Waals surface area (Å²) in [4.78, 5) is 26.9. The maximum Gasteiger partial charge on any atom is 0.327 e. The summed E-state index contributed by atoms with van der Waals surface area (Å²) in [5.74, 6) is -0.964. The van der Waals surface area contributed by atoms with Crippen LogP contribution in [0.4, 0.5) is 9.18 Å². The molecule has 0 saturated carbocycles. The highest BCUT2D eigenvalue weighted by Crippen LogP contribution is 2.26. The Hall–Kier alpha value is -2.26. The number of piperazine rings is 1. The van der Waals surface area contributed by atoms with E-state index in [-0.39, 0.29) is 31.1 Å². The highest BCUT2D eigenvalue weighted by Gasteiger charge is 2.49. The molecule has 1 aromatic rings. The summed E-state index contributed by atoms with van der Waals surface area (Å²) in [6.45, 7) is 3.70. The Morgan fingerprint density at radius 1 is 1.21 bits per heavy atom. The first kappa shape index (κ1) is 16.6. The summed E-state index contributed by atoms with van der Waals surface area (Å²) in [7, 11) is -3.85. The lowest BCUT2D eigenvalue weighted by atomic mass is 10.2. The molecule has 3 amide bonds. The van der Waals surface area contributed by atoms with Crippen LogP contribution in [0.1, 0.15) is 0 Å². The normalized spacial score (nSPS) is 22.0. The Kier molecular flexibility index (Phi) is 4.14. The number of rotatable bonds is 4. The number of carbonyl (C=O) groups excluding carboxylic acids is 2. The van der Waals surface area contributed by atoms with Crippen molar-refractivity contribution in [2.45, 2.75) is 10.9 Å². The number of imide groups is 1. The average molecular weight is 353 g/mol. The van der Waals surface area contributed by atoms with Crippen LogP contribution < -0.4 is 0 Å². The van der Waals surface area contributed by atoms with Crippen molar-refractivity contribution in [3.63, 3.8) is 0 Å². The fourth-order valence-corrected chi connectivity index (χ4v) is 4.34. The lowest BCUT2D eigenvalue weighted by molar-refractivity contribution is -0.128. The van der Waals surface area contributed by atoms with Crippen molar-refractivity contribution in [1.29, 1.82) is 0 Å². The number of benzene rings is 1. The molecule has 0 spiro atoms. The van der Waals surface area contributed by atoms with Crippen molar-refractivity contribution in [3.8, 4) is 0 Å². The van der Waals surface area contributed by atoms with E-state index in [4.69, 9.17) is 0 Å². The maximum atomic E-state index is 13.0. The van der Waals surface area contributed by atoms with Gasteiger partial charge in [0.05, 0.1) is 4.90 Å². The Morgan fingerprint density at radius 2 is 1.88 bits per heavy atom. The van der Waals surface area contributed by atoms with Gasteiger partial charge in [-0.15, -0.1) is 6.58 Å². The average Bonchev–Trinajstić information content (AvgIpc) is 2.80. The van der Waals surface area contributed by atoms with E-state index in [0.29, 0.717) is 0 Å². The summed E-state index contributed by atoms with van der Waals surface area (Å²) in [6, 6.07) is 3.24. The molecular weight excluding hydrogens is 337 g/mol. The summed E-state index contributed by atoms with van der Waals surface area (Å²) >= 11 is 0. The van der Waals surface area contributed by atoms with Gasteiger partial charge in [-0.2, -0.15) is 4.31 Å². The molecule has 0 aromatic heterocycles. The van der Waals surface area contributed by atoms with Crippen LogP contribution >= 0.6 is 0 Å². The van der Waals surface area contributed by atoms with Crippen LogP contribution in [0.3, 0.4) is 0 Å². The monoisotopic (exact) mass is 353 g/mol. The number of fused-ring (bicyclic) bond motifs is 1. The molecular formula is C15H16FN3O4S. The molecule has 128 valence electrons. The number of amides is 3. The van der Waals surface area contributed by atoms with Gasteiger partial charge in [-0.1, -0.05) is 6.08 Å². The van der Waals surface area contributed by atoms with E-state index in [1.807, 2.05) is 0 Å². The molecule has 9 heteroatoms. The van der Waals surface area contributed by atoms with E-state index >= 15 is 0 Å². The SMILES string of the molecule is C=CCN1C(=O)C2CN(S(=O)(=O)c3ccc(F)cc3)CCN2C1=O. The van der Waals surface area contributed by atoms with E-state index in [1.165, 1.54) is 23.1 Å². The number of halogens is 1. The topological polar surface area (TPSA) is 78.0 Å². The van der Waals surface area contributed by atoms with Crippen LogP contribution in [0.25, 0.3) is 0 Å². The van der Waals surface area contributed by atoms with Gasteiger partial charge in [0.1, 0.15) is 11.9 Å². The lowest BCUT2D eigenvalue weighted by Crippen LogP contribution is -2.54. The second-order valence-electron chi connectivity index (χ2n) is 5.55. The highest BCUT2D eigenvalue weighted by molar-refractivity contribution is 7.89. The molecule has 0 aliphatic carbocycles. The van der Waals surface area contributed by atoms with Gasteiger partial charge in [-0.3, -0.25) is 9.69 Å². The van der Waals surface area contributed by atoms with Crippen LogP contribution in [0.15, 0.2) is 41.8 Å². The number of urea groups is 1. The van der Waals surface area contributed by atoms with Crippen molar-refractivity contribution in [1.82, 2.24) is 14.1 Å². The molecule has 7 nitrogen and oxygen atoms in total. The molecule has 2 heterocycles. The summed E-state index contributed by atoms with van der Waals surface area (Å²) in [5, 5.41) is 0. The molecule has 0 bridgehead atoms. The van der Waals surface area contributed by atoms with E-state index in [9.17, 15) is 22.4 Å². The van der Waals surface area contributed by atoms with Crippen LogP contribution in [-0.4, -0.2) is 66.7 Å². The van der Waals surface area contributed by atoms with Gasteiger partial charge in [0.25, 0.3) is 5.91 Å². The van der Waals surface area contributed by atoms with E-state index in [2.05, 4.69) is 6.58 Å².